The minimum Gasteiger partial charge on any atom is -0.423 e. The van der Waals surface area contributed by atoms with Crippen LogP contribution in [0.4, 0.5) is 10.4 Å². The normalized spacial score (nSPS) is 16.4. The summed E-state index contributed by atoms with van der Waals surface area (Å²) in [6.07, 6.45) is 3.64. The Hall–Kier alpha value is -1.58. The van der Waals surface area contributed by atoms with Gasteiger partial charge in [-0.1, -0.05) is 0 Å². The number of hydrogen-bond donors (Lipinski definition) is 0. The molecule has 1 aromatic carbocycles. The molecule has 0 bridgehead atoms. The molecule has 0 spiro atoms. The van der Waals surface area contributed by atoms with E-state index in [1.165, 1.54) is 31.4 Å². The summed E-state index contributed by atoms with van der Waals surface area (Å²) in [5.74, 6) is -0.290. The van der Waals surface area contributed by atoms with Gasteiger partial charge in [-0.3, -0.25) is 0 Å². The van der Waals surface area contributed by atoms with Gasteiger partial charge in [0.05, 0.1) is 0 Å². The second-order valence-corrected chi connectivity index (χ2v) is 4.30. The molecule has 0 unspecified atom stereocenters. The Morgan fingerprint density at radius 3 is 2.94 bits per heavy atom. The molecule has 0 N–H and O–H groups in total. The van der Waals surface area contributed by atoms with Gasteiger partial charge in [0.2, 0.25) is 0 Å². The molecule has 2 aromatic rings. The van der Waals surface area contributed by atoms with Crippen LogP contribution in [0.5, 0.6) is 0 Å². The lowest BCUT2D eigenvalue weighted by Gasteiger charge is -2.33. The quantitative estimate of drug-likeness (QED) is 0.779. The van der Waals surface area contributed by atoms with Crippen molar-refractivity contribution in [2.24, 2.45) is 0 Å². The van der Waals surface area contributed by atoms with E-state index in [9.17, 15) is 4.39 Å². The summed E-state index contributed by atoms with van der Waals surface area (Å²) in [6.45, 7) is 0. The number of halogens is 1. The SMILES string of the molecule is CN(c1nc2ccc(F)cc2o1)C1CCC1. The van der Waals surface area contributed by atoms with E-state index < -0.39 is 0 Å². The summed E-state index contributed by atoms with van der Waals surface area (Å²) >= 11 is 0. The average Bonchev–Trinajstić information content (AvgIpc) is 2.57. The fourth-order valence-electron chi connectivity index (χ4n) is 1.97. The van der Waals surface area contributed by atoms with Crippen molar-refractivity contribution in [3.05, 3.63) is 24.0 Å². The zero-order valence-corrected chi connectivity index (χ0v) is 9.11. The Kier molecular flexibility index (Phi) is 2.09. The molecule has 16 heavy (non-hydrogen) atoms. The highest BCUT2D eigenvalue weighted by atomic mass is 19.1. The zero-order chi connectivity index (χ0) is 11.1. The molecule has 0 atom stereocenters. The van der Waals surface area contributed by atoms with Crippen LogP contribution in [0.3, 0.4) is 0 Å². The summed E-state index contributed by atoms with van der Waals surface area (Å²) in [4.78, 5) is 6.39. The molecule has 1 aliphatic rings. The van der Waals surface area contributed by atoms with Crippen LogP contribution in [0.1, 0.15) is 19.3 Å². The summed E-state index contributed by atoms with van der Waals surface area (Å²) in [5.41, 5.74) is 1.23. The third-order valence-electron chi connectivity index (χ3n) is 3.26. The van der Waals surface area contributed by atoms with Crippen LogP contribution in [-0.4, -0.2) is 18.1 Å². The van der Waals surface area contributed by atoms with Crippen molar-refractivity contribution < 1.29 is 8.81 Å². The molecule has 0 saturated heterocycles. The highest BCUT2D eigenvalue weighted by molar-refractivity contribution is 5.74. The molecule has 1 saturated carbocycles. The molecule has 3 nitrogen and oxygen atoms in total. The van der Waals surface area contributed by atoms with Crippen molar-refractivity contribution in [2.75, 3.05) is 11.9 Å². The molecule has 1 aromatic heterocycles. The molecule has 84 valence electrons. The standard InChI is InChI=1S/C12H13FN2O/c1-15(9-3-2-4-9)12-14-10-6-5-8(13)7-11(10)16-12/h5-7,9H,2-4H2,1H3. The molecule has 0 radical (unpaired) electrons. The highest BCUT2D eigenvalue weighted by Crippen LogP contribution is 2.29. The number of nitrogens with zero attached hydrogens (tertiary/aromatic N) is 2. The Morgan fingerprint density at radius 1 is 1.44 bits per heavy atom. The van der Waals surface area contributed by atoms with Crippen LogP contribution in [0.15, 0.2) is 22.6 Å². The smallest absolute Gasteiger partial charge is 0.298 e. The third-order valence-corrected chi connectivity index (χ3v) is 3.26. The predicted octanol–water partition coefficient (Wildman–Crippen LogP) is 2.96. The summed E-state index contributed by atoms with van der Waals surface area (Å²) in [7, 11) is 1.98. The monoisotopic (exact) mass is 220 g/mol. The Balaban J connectivity index is 1.97. The molecule has 3 rings (SSSR count). The van der Waals surface area contributed by atoms with Gasteiger partial charge in [-0.25, -0.2) is 4.39 Å². The Bertz CT molecular complexity index is 519. The second kappa shape index (κ2) is 3.47. The van der Waals surface area contributed by atoms with Crippen LogP contribution in [-0.2, 0) is 0 Å². The first kappa shape index (κ1) is 9.63. The predicted molar refractivity (Wildman–Crippen MR) is 60.0 cm³/mol. The number of benzene rings is 1. The number of fused-ring (bicyclic) bond motifs is 1. The van der Waals surface area contributed by atoms with Gasteiger partial charge in [0, 0.05) is 19.2 Å². The van der Waals surface area contributed by atoms with E-state index in [1.54, 1.807) is 6.07 Å². The summed E-state index contributed by atoms with van der Waals surface area (Å²) in [5, 5.41) is 0. The number of anilines is 1. The van der Waals surface area contributed by atoms with Crippen LogP contribution in [0.2, 0.25) is 0 Å². The van der Waals surface area contributed by atoms with Crippen LogP contribution >= 0.6 is 0 Å². The van der Waals surface area contributed by atoms with E-state index in [1.807, 2.05) is 11.9 Å². The van der Waals surface area contributed by atoms with Crippen LogP contribution in [0.25, 0.3) is 11.1 Å². The van der Waals surface area contributed by atoms with Crippen molar-refractivity contribution in [1.82, 2.24) is 4.98 Å². The van der Waals surface area contributed by atoms with Crippen molar-refractivity contribution >= 4 is 17.1 Å². The molecular formula is C12H13FN2O. The lowest BCUT2D eigenvalue weighted by Crippen LogP contribution is -2.37. The van der Waals surface area contributed by atoms with Gasteiger partial charge in [-0.05, 0) is 31.4 Å². The van der Waals surface area contributed by atoms with Gasteiger partial charge in [-0.15, -0.1) is 0 Å². The molecule has 0 amide bonds. The fourth-order valence-corrected chi connectivity index (χ4v) is 1.97. The molecule has 1 fully saturated rings. The molecular weight excluding hydrogens is 207 g/mol. The van der Waals surface area contributed by atoms with E-state index in [4.69, 9.17) is 4.42 Å². The first-order valence-corrected chi connectivity index (χ1v) is 5.53. The summed E-state index contributed by atoms with van der Waals surface area (Å²) < 4.78 is 18.5. The summed E-state index contributed by atoms with van der Waals surface area (Å²) in [6, 6.07) is 5.54. The Labute approximate surface area is 92.9 Å². The van der Waals surface area contributed by atoms with Crippen molar-refractivity contribution in [1.29, 1.82) is 0 Å². The van der Waals surface area contributed by atoms with Gasteiger partial charge < -0.3 is 9.32 Å². The number of aromatic nitrogens is 1. The number of oxazole rings is 1. The van der Waals surface area contributed by atoms with E-state index in [2.05, 4.69) is 4.98 Å². The lowest BCUT2D eigenvalue weighted by molar-refractivity contribution is 0.382. The minimum absolute atomic E-state index is 0.290. The van der Waals surface area contributed by atoms with Gasteiger partial charge in [0.25, 0.3) is 6.01 Å². The van der Waals surface area contributed by atoms with Crippen LogP contribution < -0.4 is 4.90 Å². The molecule has 1 heterocycles. The maximum atomic E-state index is 13.0. The first-order chi connectivity index (χ1) is 7.74. The highest BCUT2D eigenvalue weighted by Gasteiger charge is 2.25. The van der Waals surface area contributed by atoms with E-state index in [0.717, 1.165) is 0 Å². The average molecular weight is 220 g/mol. The minimum atomic E-state index is -0.290. The first-order valence-electron chi connectivity index (χ1n) is 5.53. The lowest BCUT2D eigenvalue weighted by atomic mass is 9.92. The van der Waals surface area contributed by atoms with Gasteiger partial charge in [0.15, 0.2) is 5.58 Å². The van der Waals surface area contributed by atoms with E-state index >= 15 is 0 Å². The van der Waals surface area contributed by atoms with Gasteiger partial charge in [0.1, 0.15) is 11.3 Å². The topological polar surface area (TPSA) is 29.3 Å². The number of hydrogen-bond acceptors (Lipinski definition) is 3. The maximum absolute atomic E-state index is 13.0. The molecule has 0 aliphatic heterocycles. The maximum Gasteiger partial charge on any atom is 0.298 e. The molecule has 1 aliphatic carbocycles. The van der Waals surface area contributed by atoms with Crippen molar-refractivity contribution in [3.63, 3.8) is 0 Å². The van der Waals surface area contributed by atoms with E-state index in [-0.39, 0.29) is 5.82 Å². The zero-order valence-electron chi connectivity index (χ0n) is 9.11. The van der Waals surface area contributed by atoms with Crippen LogP contribution in [0, 0.1) is 5.82 Å². The van der Waals surface area contributed by atoms with Crippen molar-refractivity contribution in [3.8, 4) is 0 Å². The fraction of sp³-hybridized carbons (Fsp3) is 0.417. The van der Waals surface area contributed by atoms with Gasteiger partial charge >= 0.3 is 0 Å². The Morgan fingerprint density at radius 2 is 2.25 bits per heavy atom. The largest absolute Gasteiger partial charge is 0.423 e. The number of rotatable bonds is 2. The van der Waals surface area contributed by atoms with Crippen molar-refractivity contribution in [2.45, 2.75) is 25.3 Å². The second-order valence-electron chi connectivity index (χ2n) is 4.30. The van der Waals surface area contributed by atoms with E-state index in [0.29, 0.717) is 23.2 Å². The third kappa shape index (κ3) is 1.45. The van der Waals surface area contributed by atoms with Gasteiger partial charge in [-0.2, -0.15) is 4.98 Å². The molecule has 4 heteroatoms.